The molecule has 0 saturated heterocycles. The van der Waals surface area contributed by atoms with Gasteiger partial charge in [-0.1, -0.05) is 11.8 Å². The number of nitrogens with zero attached hydrogens (tertiary/aromatic N) is 2. The molecule has 2 aromatic rings. The third kappa shape index (κ3) is 3.30. The van der Waals surface area contributed by atoms with Crippen LogP contribution in [0, 0.1) is 0 Å². The summed E-state index contributed by atoms with van der Waals surface area (Å²) in [5, 5.41) is 1.33. The highest BCUT2D eigenvalue weighted by molar-refractivity contribution is 7.99. The van der Waals surface area contributed by atoms with Crippen molar-refractivity contribution >= 4 is 39.3 Å². The lowest BCUT2D eigenvalue weighted by Crippen LogP contribution is -2.25. The fourth-order valence-electron chi connectivity index (χ4n) is 2.73. The Bertz CT molecular complexity index is 830. The van der Waals surface area contributed by atoms with Gasteiger partial charge in [0, 0.05) is 11.9 Å². The van der Waals surface area contributed by atoms with Crippen molar-refractivity contribution in [3.63, 3.8) is 0 Å². The highest BCUT2D eigenvalue weighted by Gasteiger charge is 2.23. The maximum Gasteiger partial charge on any atom is 0.316 e. The predicted octanol–water partition coefficient (Wildman–Crippen LogP) is 2.92. The molecular weight excluding hydrogens is 332 g/mol. The van der Waals surface area contributed by atoms with E-state index in [0.717, 1.165) is 29.5 Å². The van der Waals surface area contributed by atoms with Crippen LogP contribution in [-0.2, 0) is 29.4 Å². The van der Waals surface area contributed by atoms with E-state index in [4.69, 9.17) is 4.74 Å². The zero-order valence-electron chi connectivity index (χ0n) is 13.8. The first-order valence-corrected chi connectivity index (χ1v) is 9.42. The van der Waals surface area contributed by atoms with Gasteiger partial charge in [0.2, 0.25) is 0 Å². The Morgan fingerprint density at radius 3 is 2.83 bits per heavy atom. The lowest BCUT2D eigenvalue weighted by atomic mass is 10.2. The molecule has 0 saturated carbocycles. The van der Waals surface area contributed by atoms with Crippen LogP contribution in [0.4, 0.5) is 0 Å². The molecule has 0 aliphatic heterocycles. The third-order valence-corrected chi connectivity index (χ3v) is 5.83. The summed E-state index contributed by atoms with van der Waals surface area (Å²) in [6.07, 6.45) is 3.13. The van der Waals surface area contributed by atoms with Gasteiger partial charge in [-0.05, 0) is 45.6 Å². The Kier molecular flexibility index (Phi) is 4.27. The molecule has 1 aliphatic rings. The number of aryl methyl sites for hydroxylation is 2. The first-order chi connectivity index (χ1) is 10.8. The van der Waals surface area contributed by atoms with Crippen LogP contribution in [0.15, 0.2) is 9.95 Å². The van der Waals surface area contributed by atoms with Gasteiger partial charge < -0.3 is 4.74 Å². The van der Waals surface area contributed by atoms with Crippen LogP contribution >= 0.6 is 23.1 Å². The van der Waals surface area contributed by atoms with Crippen LogP contribution < -0.4 is 5.56 Å². The average Bonchev–Trinajstić information content (AvgIpc) is 2.99. The summed E-state index contributed by atoms with van der Waals surface area (Å²) in [4.78, 5) is 31.2. The van der Waals surface area contributed by atoms with Crippen molar-refractivity contribution in [2.75, 3.05) is 5.75 Å². The van der Waals surface area contributed by atoms with E-state index in [0.29, 0.717) is 5.16 Å². The Morgan fingerprint density at radius 2 is 2.13 bits per heavy atom. The summed E-state index contributed by atoms with van der Waals surface area (Å²) in [6.45, 7) is 5.51. The molecule has 124 valence electrons. The van der Waals surface area contributed by atoms with Crippen molar-refractivity contribution in [3.05, 3.63) is 20.8 Å². The second-order valence-electron chi connectivity index (χ2n) is 6.67. The fraction of sp³-hybridized carbons (Fsp3) is 0.562. The van der Waals surface area contributed by atoms with Crippen LogP contribution in [0.3, 0.4) is 0 Å². The van der Waals surface area contributed by atoms with Gasteiger partial charge in [0.05, 0.1) is 11.1 Å². The number of thioether (sulfide) groups is 1. The van der Waals surface area contributed by atoms with Gasteiger partial charge in [0.1, 0.15) is 10.4 Å². The van der Waals surface area contributed by atoms with E-state index in [1.807, 2.05) is 20.8 Å². The molecule has 0 bridgehead atoms. The lowest BCUT2D eigenvalue weighted by molar-refractivity contribution is -0.151. The number of aromatic nitrogens is 2. The van der Waals surface area contributed by atoms with Crippen molar-refractivity contribution in [2.24, 2.45) is 7.05 Å². The van der Waals surface area contributed by atoms with Crippen molar-refractivity contribution < 1.29 is 9.53 Å². The van der Waals surface area contributed by atoms with E-state index in [2.05, 4.69) is 4.98 Å². The summed E-state index contributed by atoms with van der Waals surface area (Å²) in [6, 6.07) is 0. The molecule has 0 N–H and O–H groups in total. The fourth-order valence-corrected chi connectivity index (χ4v) is 4.78. The smallest absolute Gasteiger partial charge is 0.316 e. The number of fused-ring (bicyclic) bond motifs is 3. The van der Waals surface area contributed by atoms with Crippen molar-refractivity contribution in [3.8, 4) is 0 Å². The Labute approximate surface area is 143 Å². The quantitative estimate of drug-likeness (QED) is 0.483. The number of thiophene rings is 1. The van der Waals surface area contributed by atoms with Crippen molar-refractivity contribution in [1.29, 1.82) is 0 Å². The molecule has 0 aromatic carbocycles. The molecular formula is C16H20N2O3S2. The molecule has 1 aliphatic carbocycles. The number of carbonyl (C=O) groups excluding carboxylic acids is 1. The number of hydrogen-bond donors (Lipinski definition) is 0. The zero-order chi connectivity index (χ0) is 16.8. The normalized spacial score (nSPS) is 14.3. The Morgan fingerprint density at radius 1 is 1.39 bits per heavy atom. The van der Waals surface area contributed by atoms with Crippen LogP contribution in [0.1, 0.15) is 37.6 Å². The predicted molar refractivity (Wildman–Crippen MR) is 93.5 cm³/mol. The number of rotatable bonds is 3. The molecule has 2 aromatic heterocycles. The molecule has 0 unspecified atom stereocenters. The summed E-state index contributed by atoms with van der Waals surface area (Å²) in [7, 11) is 1.71. The minimum Gasteiger partial charge on any atom is -0.459 e. The van der Waals surface area contributed by atoms with Crippen LogP contribution in [0.2, 0.25) is 0 Å². The molecule has 2 heterocycles. The largest absolute Gasteiger partial charge is 0.459 e. The number of hydrogen-bond acceptors (Lipinski definition) is 6. The minimum atomic E-state index is -0.504. The molecule has 0 radical (unpaired) electrons. The molecule has 23 heavy (non-hydrogen) atoms. The summed E-state index contributed by atoms with van der Waals surface area (Å²) in [5.74, 6) is -0.153. The van der Waals surface area contributed by atoms with Gasteiger partial charge in [0.15, 0.2) is 5.16 Å². The Balaban J connectivity index is 1.86. The van der Waals surface area contributed by atoms with Gasteiger partial charge in [-0.25, -0.2) is 4.98 Å². The molecule has 0 amide bonds. The number of ether oxygens (including phenoxy) is 1. The van der Waals surface area contributed by atoms with Gasteiger partial charge in [-0.3, -0.25) is 14.2 Å². The van der Waals surface area contributed by atoms with E-state index >= 15 is 0 Å². The van der Waals surface area contributed by atoms with E-state index in [1.54, 1.807) is 23.0 Å². The zero-order valence-corrected chi connectivity index (χ0v) is 15.4. The van der Waals surface area contributed by atoms with Gasteiger partial charge in [-0.2, -0.15) is 0 Å². The molecule has 0 fully saturated rings. The molecule has 0 spiro atoms. The third-order valence-electron chi connectivity index (χ3n) is 3.64. The SMILES string of the molecule is Cn1c(SCC(=O)OC(C)(C)C)nc2sc3c(c2c1=O)CCC3. The van der Waals surface area contributed by atoms with Gasteiger partial charge in [-0.15, -0.1) is 11.3 Å². The van der Waals surface area contributed by atoms with E-state index < -0.39 is 5.60 Å². The second-order valence-corrected chi connectivity index (χ2v) is 8.70. The van der Waals surface area contributed by atoms with Gasteiger partial charge >= 0.3 is 5.97 Å². The monoisotopic (exact) mass is 352 g/mol. The maximum atomic E-state index is 12.6. The summed E-state index contributed by atoms with van der Waals surface area (Å²) in [5.41, 5.74) is 0.665. The Hall–Kier alpha value is -1.34. The lowest BCUT2D eigenvalue weighted by Gasteiger charge is -2.19. The van der Waals surface area contributed by atoms with E-state index in [-0.39, 0.29) is 17.3 Å². The van der Waals surface area contributed by atoms with Crippen molar-refractivity contribution in [1.82, 2.24) is 9.55 Å². The van der Waals surface area contributed by atoms with E-state index in [9.17, 15) is 9.59 Å². The van der Waals surface area contributed by atoms with Crippen LogP contribution in [0.5, 0.6) is 0 Å². The minimum absolute atomic E-state index is 0.0129. The average molecular weight is 352 g/mol. The highest BCUT2D eigenvalue weighted by atomic mass is 32.2. The van der Waals surface area contributed by atoms with E-state index in [1.165, 1.54) is 22.2 Å². The second kappa shape index (κ2) is 5.94. The molecule has 5 nitrogen and oxygen atoms in total. The van der Waals surface area contributed by atoms with Crippen molar-refractivity contribution in [2.45, 2.75) is 50.8 Å². The molecule has 3 rings (SSSR count). The maximum absolute atomic E-state index is 12.6. The first kappa shape index (κ1) is 16.5. The molecule has 7 heteroatoms. The van der Waals surface area contributed by atoms with Gasteiger partial charge in [0.25, 0.3) is 5.56 Å². The standard InChI is InChI=1S/C16H20N2O3S2/c1-16(2,3)21-11(19)8-22-15-17-13-12(14(20)18(15)4)9-6-5-7-10(9)23-13/h5-8H2,1-4H3. The topological polar surface area (TPSA) is 61.2 Å². The number of esters is 1. The molecule has 0 atom stereocenters. The first-order valence-electron chi connectivity index (χ1n) is 7.62. The van der Waals surface area contributed by atoms with Crippen LogP contribution in [0.25, 0.3) is 10.2 Å². The van der Waals surface area contributed by atoms with Crippen LogP contribution in [-0.4, -0.2) is 26.9 Å². The number of carbonyl (C=O) groups is 1. The summed E-state index contributed by atoms with van der Waals surface area (Å²) < 4.78 is 6.84. The summed E-state index contributed by atoms with van der Waals surface area (Å²) >= 11 is 2.86. The highest BCUT2D eigenvalue weighted by Crippen LogP contribution is 2.35.